The molecule has 0 radical (unpaired) electrons. The summed E-state index contributed by atoms with van der Waals surface area (Å²) in [6, 6.07) is 0. The molecule has 0 amide bonds. The van der Waals surface area contributed by atoms with Crippen molar-refractivity contribution in [2.45, 2.75) is 70.9 Å². The van der Waals surface area contributed by atoms with E-state index in [1.54, 1.807) is 0 Å². The first-order chi connectivity index (χ1) is 11.8. The Morgan fingerprint density at radius 3 is 2.96 bits per heavy atom. The van der Waals surface area contributed by atoms with Crippen LogP contribution < -0.4 is 5.32 Å². The van der Waals surface area contributed by atoms with Crippen molar-refractivity contribution in [2.24, 2.45) is 5.92 Å². The zero-order valence-electron chi connectivity index (χ0n) is 14.5. The van der Waals surface area contributed by atoms with Crippen molar-refractivity contribution in [3.8, 4) is 0 Å². The third-order valence-corrected chi connectivity index (χ3v) is 6.55. The molecule has 1 fully saturated rings. The molecule has 4 rings (SSSR count). The maximum Gasteiger partial charge on any atom is 0.133 e. The van der Waals surface area contributed by atoms with Crippen LogP contribution in [0.3, 0.4) is 0 Å². The smallest absolute Gasteiger partial charge is 0.133 e. The van der Waals surface area contributed by atoms with Gasteiger partial charge in [-0.25, -0.2) is 4.98 Å². The van der Waals surface area contributed by atoms with Crippen LogP contribution in [0.25, 0.3) is 0 Å². The first-order valence-electron chi connectivity index (χ1n) is 9.33. The number of aromatic nitrogens is 4. The molecule has 1 aliphatic heterocycles. The Balaban J connectivity index is 1.26. The van der Waals surface area contributed by atoms with Gasteiger partial charge in [0.1, 0.15) is 11.6 Å². The van der Waals surface area contributed by atoms with E-state index in [1.807, 2.05) is 18.3 Å². The highest BCUT2D eigenvalue weighted by atomic mass is 32.1. The third-order valence-electron chi connectivity index (χ3n) is 5.49. The summed E-state index contributed by atoms with van der Waals surface area (Å²) in [5.74, 6) is 3.60. The number of thiazole rings is 1. The monoisotopic (exact) mass is 345 g/mol. The van der Waals surface area contributed by atoms with E-state index in [-0.39, 0.29) is 0 Å². The van der Waals surface area contributed by atoms with Gasteiger partial charge in [-0.3, -0.25) is 0 Å². The molecule has 3 heterocycles. The summed E-state index contributed by atoms with van der Waals surface area (Å²) in [4.78, 5) is 4.89. The summed E-state index contributed by atoms with van der Waals surface area (Å²) in [5.41, 5.74) is 1.22. The maximum absolute atomic E-state index is 4.89. The van der Waals surface area contributed by atoms with Crippen LogP contribution in [-0.2, 0) is 19.5 Å². The molecule has 6 heteroatoms. The molecule has 1 N–H and O–H groups in total. The lowest BCUT2D eigenvalue weighted by Crippen LogP contribution is -2.30. The molecule has 5 nitrogen and oxygen atoms in total. The molecule has 130 valence electrons. The van der Waals surface area contributed by atoms with Gasteiger partial charge in [0.2, 0.25) is 0 Å². The van der Waals surface area contributed by atoms with Gasteiger partial charge in [0.25, 0.3) is 0 Å². The maximum atomic E-state index is 4.89. The fourth-order valence-corrected chi connectivity index (χ4v) is 5.03. The van der Waals surface area contributed by atoms with Gasteiger partial charge in [-0.2, -0.15) is 0 Å². The predicted molar refractivity (Wildman–Crippen MR) is 96.2 cm³/mol. The molecule has 0 aromatic carbocycles. The van der Waals surface area contributed by atoms with Crippen molar-refractivity contribution in [3.05, 3.63) is 27.7 Å². The van der Waals surface area contributed by atoms with E-state index in [0.29, 0.717) is 5.92 Å². The molecule has 0 spiro atoms. The summed E-state index contributed by atoms with van der Waals surface area (Å²) >= 11 is 1.86. The molecule has 0 bridgehead atoms. The molecule has 2 aromatic heterocycles. The summed E-state index contributed by atoms with van der Waals surface area (Å²) in [5, 5.41) is 15.7. The van der Waals surface area contributed by atoms with Crippen molar-refractivity contribution in [2.75, 3.05) is 6.54 Å². The van der Waals surface area contributed by atoms with Gasteiger partial charge in [0.05, 0.1) is 10.7 Å². The highest BCUT2D eigenvalue weighted by molar-refractivity contribution is 7.09. The van der Waals surface area contributed by atoms with Gasteiger partial charge in [0, 0.05) is 37.4 Å². The Hall–Kier alpha value is -1.27. The Morgan fingerprint density at radius 2 is 2.08 bits per heavy atom. The van der Waals surface area contributed by atoms with Crippen molar-refractivity contribution < 1.29 is 0 Å². The van der Waals surface area contributed by atoms with Gasteiger partial charge < -0.3 is 9.88 Å². The van der Waals surface area contributed by atoms with Crippen molar-refractivity contribution in [3.63, 3.8) is 0 Å². The van der Waals surface area contributed by atoms with Crippen molar-refractivity contribution >= 4 is 11.3 Å². The Labute approximate surface area is 147 Å². The summed E-state index contributed by atoms with van der Waals surface area (Å²) < 4.78 is 2.28. The van der Waals surface area contributed by atoms with Crippen LogP contribution in [0.1, 0.15) is 66.8 Å². The molecule has 2 aromatic rings. The minimum Gasteiger partial charge on any atom is -0.315 e. The van der Waals surface area contributed by atoms with Crippen LogP contribution in [-0.4, -0.2) is 26.3 Å². The van der Waals surface area contributed by atoms with Crippen LogP contribution in [0.4, 0.5) is 0 Å². The number of hydrogen-bond donors (Lipinski definition) is 1. The Kier molecular flexibility index (Phi) is 4.94. The number of nitrogens with zero attached hydrogens (tertiary/aromatic N) is 4. The van der Waals surface area contributed by atoms with Crippen LogP contribution in [0.2, 0.25) is 0 Å². The molecular formula is C18H27N5S. The number of rotatable bonds is 5. The number of fused-ring (bicyclic) bond motifs is 1. The molecule has 1 unspecified atom stereocenters. The topological polar surface area (TPSA) is 55.6 Å². The van der Waals surface area contributed by atoms with Crippen LogP contribution >= 0.6 is 11.3 Å². The van der Waals surface area contributed by atoms with Gasteiger partial charge in [-0.1, -0.05) is 19.3 Å². The number of aryl methyl sites for hydroxylation is 2. The zero-order valence-corrected chi connectivity index (χ0v) is 15.3. The summed E-state index contributed by atoms with van der Waals surface area (Å²) in [6.45, 7) is 5.04. The predicted octanol–water partition coefficient (Wildman–Crippen LogP) is 3.44. The molecule has 1 aliphatic carbocycles. The second-order valence-electron chi connectivity index (χ2n) is 7.32. The fourth-order valence-electron chi connectivity index (χ4n) is 4.04. The normalized spacial score (nSPS) is 21.8. The molecular weight excluding hydrogens is 318 g/mol. The SMILES string of the molecule is Cc1nnc2n1CC(CNCc1csc(C3CCCCC3)n1)CC2. The second-order valence-corrected chi connectivity index (χ2v) is 8.21. The van der Waals surface area contributed by atoms with E-state index in [9.17, 15) is 0 Å². The lowest BCUT2D eigenvalue weighted by Gasteiger charge is -2.24. The average molecular weight is 346 g/mol. The van der Waals surface area contributed by atoms with Gasteiger partial charge in [-0.05, 0) is 32.1 Å². The standard InChI is InChI=1S/C18H27N5S/c1-13-21-22-17-8-7-14(11-23(13)17)9-19-10-16-12-24-18(20-16)15-5-3-2-4-6-15/h12,14-15,19H,2-11H2,1H3. The van der Waals surface area contributed by atoms with E-state index in [1.165, 1.54) is 49.2 Å². The number of nitrogens with one attached hydrogen (secondary N) is 1. The van der Waals surface area contributed by atoms with E-state index in [0.717, 1.165) is 43.6 Å². The highest BCUT2D eigenvalue weighted by Gasteiger charge is 2.21. The lowest BCUT2D eigenvalue weighted by molar-refractivity contribution is 0.343. The van der Waals surface area contributed by atoms with E-state index in [2.05, 4.69) is 25.5 Å². The van der Waals surface area contributed by atoms with Crippen LogP contribution in [0.15, 0.2) is 5.38 Å². The van der Waals surface area contributed by atoms with Gasteiger partial charge in [-0.15, -0.1) is 21.5 Å². The van der Waals surface area contributed by atoms with Gasteiger partial charge >= 0.3 is 0 Å². The van der Waals surface area contributed by atoms with E-state index in [4.69, 9.17) is 4.98 Å². The fraction of sp³-hybridized carbons (Fsp3) is 0.722. The first kappa shape index (κ1) is 16.2. The minimum absolute atomic E-state index is 0.670. The summed E-state index contributed by atoms with van der Waals surface area (Å²) in [6.07, 6.45) is 9.09. The first-order valence-corrected chi connectivity index (χ1v) is 10.2. The third kappa shape index (κ3) is 3.54. The van der Waals surface area contributed by atoms with Gasteiger partial charge in [0.15, 0.2) is 0 Å². The molecule has 1 saturated carbocycles. The van der Waals surface area contributed by atoms with Crippen molar-refractivity contribution in [1.82, 2.24) is 25.1 Å². The largest absolute Gasteiger partial charge is 0.315 e. The van der Waals surface area contributed by atoms with E-state index < -0.39 is 0 Å². The Bertz CT molecular complexity index is 671. The van der Waals surface area contributed by atoms with Crippen molar-refractivity contribution in [1.29, 1.82) is 0 Å². The molecule has 24 heavy (non-hydrogen) atoms. The minimum atomic E-state index is 0.670. The lowest BCUT2D eigenvalue weighted by atomic mass is 9.90. The zero-order chi connectivity index (χ0) is 16.4. The van der Waals surface area contributed by atoms with E-state index >= 15 is 0 Å². The van der Waals surface area contributed by atoms with Crippen LogP contribution in [0, 0.1) is 12.8 Å². The highest BCUT2D eigenvalue weighted by Crippen LogP contribution is 2.34. The average Bonchev–Trinajstić information content (AvgIpc) is 3.23. The van der Waals surface area contributed by atoms with Crippen LogP contribution in [0.5, 0.6) is 0 Å². The second kappa shape index (κ2) is 7.31. The quantitative estimate of drug-likeness (QED) is 0.902. The molecule has 2 aliphatic rings. The number of hydrogen-bond acceptors (Lipinski definition) is 5. The Morgan fingerprint density at radius 1 is 1.21 bits per heavy atom. The molecule has 0 saturated heterocycles. The summed E-state index contributed by atoms with van der Waals surface area (Å²) in [7, 11) is 0. The molecule has 1 atom stereocenters.